The van der Waals surface area contributed by atoms with Gasteiger partial charge in [-0.15, -0.1) is 13.2 Å². The first-order valence-electron chi connectivity index (χ1n) is 12.0. The van der Waals surface area contributed by atoms with E-state index in [1.165, 1.54) is 35.8 Å². The van der Waals surface area contributed by atoms with Crippen LogP contribution in [0.15, 0.2) is 54.7 Å². The molecule has 0 radical (unpaired) electrons. The van der Waals surface area contributed by atoms with Crippen LogP contribution in [0.25, 0.3) is 0 Å². The Morgan fingerprint density at radius 2 is 1.67 bits per heavy atom. The molecule has 2 heterocycles. The van der Waals surface area contributed by atoms with Gasteiger partial charge in [0.25, 0.3) is 0 Å². The lowest BCUT2D eigenvalue weighted by Gasteiger charge is -2.34. The maximum absolute atomic E-state index is 12.3. The van der Waals surface area contributed by atoms with Crippen molar-refractivity contribution in [3.8, 4) is 17.2 Å². The second-order valence-corrected chi connectivity index (χ2v) is 9.69. The highest BCUT2D eigenvalue weighted by Gasteiger charge is 2.31. The Hall–Kier alpha value is -3.71. The largest absolute Gasteiger partial charge is 0.573 e. The first kappa shape index (κ1) is 28.3. The van der Waals surface area contributed by atoms with E-state index in [0.717, 1.165) is 37.8 Å². The van der Waals surface area contributed by atoms with Crippen LogP contribution in [0, 0.1) is 10.1 Å². The summed E-state index contributed by atoms with van der Waals surface area (Å²) in [5.74, 6) is 0.318. The average Bonchev–Trinajstić information content (AvgIpc) is 3.24. The number of aromatic nitrogens is 2. The number of halogens is 4. The summed E-state index contributed by atoms with van der Waals surface area (Å²) in [6.07, 6.45) is -2.18. The minimum Gasteiger partial charge on any atom is -0.491 e. The smallest absolute Gasteiger partial charge is 0.491 e. The summed E-state index contributed by atoms with van der Waals surface area (Å²) < 4.78 is 53.7. The molecule has 0 saturated carbocycles. The van der Waals surface area contributed by atoms with Crippen LogP contribution in [0.2, 0.25) is 5.28 Å². The van der Waals surface area contributed by atoms with Crippen LogP contribution in [0.3, 0.4) is 0 Å². The van der Waals surface area contributed by atoms with Crippen LogP contribution in [0.5, 0.6) is 17.2 Å². The van der Waals surface area contributed by atoms with Crippen molar-refractivity contribution < 1.29 is 37.4 Å². The minimum absolute atomic E-state index is 0.0484. The molecule has 39 heavy (non-hydrogen) atoms. The Labute approximate surface area is 226 Å². The van der Waals surface area contributed by atoms with Gasteiger partial charge in [0.15, 0.2) is 0 Å². The molecule has 1 aromatic heterocycles. The summed E-state index contributed by atoms with van der Waals surface area (Å²) in [7, 11) is 0. The summed E-state index contributed by atoms with van der Waals surface area (Å²) in [6.45, 7) is 2.85. The van der Waals surface area contributed by atoms with Crippen molar-refractivity contribution in [3.05, 3.63) is 70.1 Å². The Kier molecular flexibility index (Phi) is 8.40. The molecule has 1 aliphatic rings. The van der Waals surface area contributed by atoms with Crippen molar-refractivity contribution in [1.82, 2.24) is 9.55 Å². The second-order valence-electron chi connectivity index (χ2n) is 9.36. The van der Waals surface area contributed by atoms with Gasteiger partial charge in [0.05, 0.1) is 6.54 Å². The molecule has 0 aliphatic carbocycles. The predicted molar refractivity (Wildman–Crippen MR) is 135 cm³/mol. The van der Waals surface area contributed by atoms with Gasteiger partial charge in [0.1, 0.15) is 41.8 Å². The van der Waals surface area contributed by atoms with Gasteiger partial charge < -0.3 is 34.3 Å². The molecule has 14 heteroatoms. The number of ether oxygens (including phenoxy) is 3. The summed E-state index contributed by atoms with van der Waals surface area (Å²) >= 11 is 5.92. The molecule has 1 N–H and O–H groups in total. The first-order chi connectivity index (χ1) is 18.4. The van der Waals surface area contributed by atoms with E-state index in [9.17, 15) is 28.4 Å². The number of alkyl halides is 3. The summed E-state index contributed by atoms with van der Waals surface area (Å²) in [4.78, 5) is 16.0. The Balaban J connectivity index is 1.23. The van der Waals surface area contributed by atoms with Crippen molar-refractivity contribution >= 4 is 23.1 Å². The molecule has 4 rings (SSSR count). The van der Waals surface area contributed by atoms with Gasteiger partial charge in [-0.3, -0.25) is 4.57 Å². The van der Waals surface area contributed by atoms with E-state index in [0.29, 0.717) is 11.5 Å². The standard InChI is InChI=1S/C25H26ClF3N4O6/c1-24(34,15-32-14-22(33(35)36)30-23(32)26)16-37-18-4-2-17(3-5-18)31-12-10-20(11-13-31)38-19-6-8-21(9-7-19)39-25(27,28)29/h2-9,14,20,34H,10-13,15-16H2,1H3/t24-/m1/s1. The van der Waals surface area contributed by atoms with E-state index >= 15 is 0 Å². The number of rotatable bonds is 10. The lowest BCUT2D eigenvalue weighted by molar-refractivity contribution is -0.389. The molecule has 2 aromatic carbocycles. The Bertz CT molecular complexity index is 1260. The molecular weight excluding hydrogens is 545 g/mol. The van der Waals surface area contributed by atoms with Gasteiger partial charge in [-0.25, -0.2) is 0 Å². The second kappa shape index (κ2) is 11.6. The Morgan fingerprint density at radius 3 is 2.23 bits per heavy atom. The molecule has 210 valence electrons. The SMILES string of the molecule is C[C@](O)(COc1ccc(N2CCC(Oc3ccc(OC(F)(F)F)cc3)CC2)cc1)Cn1cc([N+](=O)[O-])nc1Cl. The van der Waals surface area contributed by atoms with Crippen molar-refractivity contribution in [1.29, 1.82) is 0 Å². The number of hydrogen-bond acceptors (Lipinski definition) is 8. The molecule has 1 saturated heterocycles. The number of aliphatic hydroxyl groups is 1. The molecule has 1 atom stereocenters. The van der Waals surface area contributed by atoms with Gasteiger partial charge in [0, 0.05) is 31.6 Å². The summed E-state index contributed by atoms with van der Waals surface area (Å²) in [5, 5.41) is 21.4. The van der Waals surface area contributed by atoms with Crippen LogP contribution in [0.1, 0.15) is 19.8 Å². The third kappa shape index (κ3) is 8.14. The number of benzene rings is 2. The number of nitrogens with zero attached hydrogens (tertiary/aromatic N) is 4. The zero-order valence-electron chi connectivity index (χ0n) is 20.8. The van der Waals surface area contributed by atoms with Gasteiger partial charge in [0.2, 0.25) is 0 Å². The number of nitro groups is 1. The monoisotopic (exact) mass is 570 g/mol. The van der Waals surface area contributed by atoms with Crippen molar-refractivity contribution in [2.45, 2.75) is 44.4 Å². The number of imidazole rings is 1. The van der Waals surface area contributed by atoms with Crippen molar-refractivity contribution in [3.63, 3.8) is 0 Å². The van der Waals surface area contributed by atoms with Crippen LogP contribution in [0.4, 0.5) is 24.7 Å². The van der Waals surface area contributed by atoms with Gasteiger partial charge >= 0.3 is 17.5 Å². The molecular formula is C25H26ClF3N4O6. The van der Waals surface area contributed by atoms with Gasteiger partial charge in [-0.05, 0) is 77.0 Å². The fraction of sp³-hybridized carbons (Fsp3) is 0.400. The van der Waals surface area contributed by atoms with E-state index in [4.69, 9.17) is 21.1 Å². The van der Waals surface area contributed by atoms with E-state index in [2.05, 4.69) is 14.6 Å². The lowest BCUT2D eigenvalue weighted by Crippen LogP contribution is -2.38. The van der Waals surface area contributed by atoms with Gasteiger partial charge in [-0.1, -0.05) is 0 Å². The predicted octanol–water partition coefficient (Wildman–Crippen LogP) is 5.22. The zero-order chi connectivity index (χ0) is 28.2. The molecule has 1 fully saturated rings. The molecule has 1 aliphatic heterocycles. The third-order valence-corrected chi connectivity index (χ3v) is 6.27. The highest BCUT2D eigenvalue weighted by molar-refractivity contribution is 6.28. The number of anilines is 1. The fourth-order valence-electron chi connectivity index (χ4n) is 4.13. The van der Waals surface area contributed by atoms with E-state index in [1.807, 2.05) is 12.1 Å². The molecule has 0 spiro atoms. The maximum atomic E-state index is 12.3. The van der Waals surface area contributed by atoms with E-state index in [1.54, 1.807) is 12.1 Å². The fourth-order valence-corrected chi connectivity index (χ4v) is 4.32. The molecule has 0 amide bonds. The summed E-state index contributed by atoms with van der Waals surface area (Å²) in [5.41, 5.74) is -0.386. The highest BCUT2D eigenvalue weighted by Crippen LogP contribution is 2.28. The van der Waals surface area contributed by atoms with Crippen molar-refractivity contribution in [2.24, 2.45) is 0 Å². The molecule has 0 bridgehead atoms. The number of piperidine rings is 1. The quantitative estimate of drug-likeness (QED) is 0.261. The van der Waals surface area contributed by atoms with Gasteiger partial charge in [-0.2, -0.15) is 0 Å². The topological polar surface area (TPSA) is 112 Å². The van der Waals surface area contributed by atoms with E-state index in [-0.39, 0.29) is 30.3 Å². The van der Waals surface area contributed by atoms with E-state index < -0.39 is 22.7 Å². The zero-order valence-corrected chi connectivity index (χ0v) is 21.6. The summed E-state index contributed by atoms with van der Waals surface area (Å²) in [6, 6.07) is 12.7. The van der Waals surface area contributed by atoms with Crippen LogP contribution < -0.4 is 19.1 Å². The van der Waals surface area contributed by atoms with Crippen LogP contribution in [-0.2, 0) is 6.54 Å². The maximum Gasteiger partial charge on any atom is 0.573 e. The lowest BCUT2D eigenvalue weighted by atomic mass is 10.1. The Morgan fingerprint density at radius 1 is 1.08 bits per heavy atom. The minimum atomic E-state index is -4.73. The van der Waals surface area contributed by atoms with Crippen LogP contribution in [-0.4, -0.2) is 57.3 Å². The first-order valence-corrected chi connectivity index (χ1v) is 12.3. The number of hydrogen-bond donors (Lipinski definition) is 1. The molecule has 3 aromatic rings. The van der Waals surface area contributed by atoms with Crippen LogP contribution >= 0.6 is 11.6 Å². The molecule has 0 unspecified atom stereocenters. The third-order valence-electron chi connectivity index (χ3n) is 5.97. The highest BCUT2D eigenvalue weighted by atomic mass is 35.5. The molecule has 10 nitrogen and oxygen atoms in total. The van der Waals surface area contributed by atoms with Crippen molar-refractivity contribution in [2.75, 3.05) is 24.6 Å². The average molecular weight is 571 g/mol. The normalized spacial score (nSPS) is 16.0.